The van der Waals surface area contributed by atoms with Crippen LogP contribution < -0.4 is 10.6 Å². The fourth-order valence-electron chi connectivity index (χ4n) is 1.71. The maximum Gasteiger partial charge on any atom is 0.314 e. The van der Waals surface area contributed by atoms with Crippen LogP contribution in [0, 0.1) is 0 Å². The molecule has 0 bridgehead atoms. The third-order valence-corrected chi connectivity index (χ3v) is 3.49. The summed E-state index contributed by atoms with van der Waals surface area (Å²) >= 11 is 1.52. The first-order chi connectivity index (χ1) is 9.75. The lowest BCUT2D eigenvalue weighted by atomic mass is 10.2. The SMILES string of the molecule is O=C(NCCCn1cccn1)NCC(O)c1ccsc1. The van der Waals surface area contributed by atoms with E-state index in [1.54, 1.807) is 6.20 Å². The molecule has 1 unspecified atom stereocenters. The Morgan fingerprint density at radius 2 is 2.40 bits per heavy atom. The molecule has 0 saturated carbocycles. The summed E-state index contributed by atoms with van der Waals surface area (Å²) in [6.45, 7) is 1.55. The van der Waals surface area contributed by atoms with Gasteiger partial charge in [0.05, 0.1) is 6.10 Å². The molecule has 20 heavy (non-hydrogen) atoms. The Bertz CT molecular complexity index is 498. The van der Waals surface area contributed by atoms with Crippen molar-refractivity contribution in [2.24, 2.45) is 0 Å². The number of aryl methyl sites for hydroxylation is 1. The lowest BCUT2D eigenvalue weighted by Gasteiger charge is -2.11. The van der Waals surface area contributed by atoms with Crippen molar-refractivity contribution in [1.82, 2.24) is 20.4 Å². The zero-order chi connectivity index (χ0) is 14.2. The average molecular weight is 294 g/mol. The molecule has 0 aliphatic carbocycles. The molecule has 2 rings (SSSR count). The highest BCUT2D eigenvalue weighted by molar-refractivity contribution is 7.07. The van der Waals surface area contributed by atoms with E-state index in [0.29, 0.717) is 6.54 Å². The number of thiophene rings is 1. The summed E-state index contributed by atoms with van der Waals surface area (Å²) < 4.78 is 1.82. The van der Waals surface area contributed by atoms with Crippen molar-refractivity contribution < 1.29 is 9.90 Å². The normalized spacial score (nSPS) is 12.1. The lowest BCUT2D eigenvalue weighted by molar-refractivity contribution is 0.173. The highest BCUT2D eigenvalue weighted by Crippen LogP contribution is 2.14. The largest absolute Gasteiger partial charge is 0.387 e. The van der Waals surface area contributed by atoms with E-state index in [1.807, 2.05) is 33.8 Å². The number of amides is 2. The van der Waals surface area contributed by atoms with E-state index in [1.165, 1.54) is 11.3 Å². The first-order valence-electron chi connectivity index (χ1n) is 6.45. The van der Waals surface area contributed by atoms with Crippen LogP contribution in [0.2, 0.25) is 0 Å². The van der Waals surface area contributed by atoms with E-state index in [2.05, 4.69) is 15.7 Å². The fourth-order valence-corrected chi connectivity index (χ4v) is 2.42. The van der Waals surface area contributed by atoms with Crippen molar-refractivity contribution in [1.29, 1.82) is 0 Å². The van der Waals surface area contributed by atoms with Crippen LogP contribution in [0.1, 0.15) is 18.1 Å². The predicted octanol–water partition coefficient (Wildman–Crippen LogP) is 1.37. The predicted molar refractivity (Wildman–Crippen MR) is 77.5 cm³/mol. The van der Waals surface area contributed by atoms with Crippen LogP contribution in [0.25, 0.3) is 0 Å². The Morgan fingerprint density at radius 3 is 3.10 bits per heavy atom. The number of rotatable bonds is 7. The molecule has 1 atom stereocenters. The van der Waals surface area contributed by atoms with Crippen molar-refractivity contribution >= 4 is 17.4 Å². The van der Waals surface area contributed by atoms with Crippen LogP contribution in [0.5, 0.6) is 0 Å². The standard InChI is InChI=1S/C13H18N4O2S/c18-12(11-3-8-20-10-11)9-15-13(19)14-4-1-6-17-7-2-5-16-17/h2-3,5,7-8,10,12,18H,1,4,6,9H2,(H2,14,15,19). The Labute approximate surface area is 121 Å². The maximum atomic E-state index is 11.5. The number of carbonyl (C=O) groups is 1. The zero-order valence-electron chi connectivity index (χ0n) is 11.0. The summed E-state index contributed by atoms with van der Waals surface area (Å²) in [5, 5.41) is 23.0. The fraction of sp³-hybridized carbons (Fsp3) is 0.385. The molecule has 2 aromatic heterocycles. The topological polar surface area (TPSA) is 79.2 Å². The van der Waals surface area contributed by atoms with Gasteiger partial charge in [0, 0.05) is 32.0 Å². The Balaban J connectivity index is 1.56. The van der Waals surface area contributed by atoms with Crippen molar-refractivity contribution in [3.8, 4) is 0 Å². The van der Waals surface area contributed by atoms with Crippen molar-refractivity contribution in [3.05, 3.63) is 40.8 Å². The van der Waals surface area contributed by atoms with Gasteiger partial charge < -0.3 is 15.7 Å². The van der Waals surface area contributed by atoms with E-state index in [4.69, 9.17) is 0 Å². The number of aliphatic hydroxyl groups is 1. The molecule has 0 aliphatic rings. The van der Waals surface area contributed by atoms with Crippen LogP contribution in [-0.2, 0) is 6.54 Å². The van der Waals surface area contributed by atoms with Gasteiger partial charge >= 0.3 is 6.03 Å². The van der Waals surface area contributed by atoms with E-state index in [-0.39, 0.29) is 12.6 Å². The lowest BCUT2D eigenvalue weighted by Crippen LogP contribution is -2.38. The second-order valence-corrected chi connectivity index (χ2v) is 5.11. The maximum absolute atomic E-state index is 11.5. The van der Waals surface area contributed by atoms with Crippen LogP contribution in [0.3, 0.4) is 0 Å². The smallest absolute Gasteiger partial charge is 0.314 e. The van der Waals surface area contributed by atoms with Crippen LogP contribution in [0.4, 0.5) is 4.79 Å². The summed E-state index contributed by atoms with van der Waals surface area (Å²) in [6, 6.07) is 3.45. The van der Waals surface area contributed by atoms with Crippen LogP contribution in [0.15, 0.2) is 35.3 Å². The van der Waals surface area contributed by atoms with Crippen LogP contribution in [-0.4, -0.2) is 34.0 Å². The minimum absolute atomic E-state index is 0.210. The highest BCUT2D eigenvalue weighted by Gasteiger charge is 2.09. The number of aliphatic hydroxyl groups excluding tert-OH is 1. The van der Waals surface area contributed by atoms with Gasteiger partial charge in [0.1, 0.15) is 0 Å². The molecule has 7 heteroatoms. The number of nitrogens with one attached hydrogen (secondary N) is 2. The Kier molecular flexibility index (Phi) is 5.57. The van der Waals surface area contributed by atoms with Gasteiger partial charge in [0.25, 0.3) is 0 Å². The third-order valence-electron chi connectivity index (χ3n) is 2.79. The first-order valence-corrected chi connectivity index (χ1v) is 7.39. The molecular formula is C13H18N4O2S. The van der Waals surface area contributed by atoms with Gasteiger partial charge in [-0.25, -0.2) is 4.79 Å². The molecule has 3 N–H and O–H groups in total. The number of aromatic nitrogens is 2. The molecule has 2 aromatic rings. The number of hydrogen-bond acceptors (Lipinski definition) is 4. The number of urea groups is 1. The highest BCUT2D eigenvalue weighted by atomic mass is 32.1. The summed E-state index contributed by atoms with van der Waals surface area (Å²) in [5.74, 6) is 0. The number of carbonyl (C=O) groups excluding carboxylic acids is 1. The number of hydrogen-bond donors (Lipinski definition) is 3. The van der Waals surface area contributed by atoms with Crippen molar-refractivity contribution in [2.75, 3.05) is 13.1 Å². The van der Waals surface area contributed by atoms with Crippen molar-refractivity contribution in [3.63, 3.8) is 0 Å². The van der Waals surface area contributed by atoms with E-state index in [9.17, 15) is 9.90 Å². The molecule has 2 amide bonds. The summed E-state index contributed by atoms with van der Waals surface area (Å²) in [6.07, 6.45) is 3.77. The molecule has 108 valence electrons. The minimum atomic E-state index is -0.656. The van der Waals surface area contributed by atoms with Gasteiger partial charge in [-0.15, -0.1) is 0 Å². The molecule has 0 fully saturated rings. The molecule has 0 saturated heterocycles. The average Bonchev–Trinajstić information content (AvgIpc) is 3.13. The monoisotopic (exact) mass is 294 g/mol. The van der Waals surface area contributed by atoms with E-state index < -0.39 is 6.10 Å². The van der Waals surface area contributed by atoms with Gasteiger partial charge in [-0.2, -0.15) is 16.4 Å². The summed E-state index contributed by atoms with van der Waals surface area (Å²) in [7, 11) is 0. The van der Waals surface area contributed by atoms with Gasteiger partial charge in [0.15, 0.2) is 0 Å². The molecule has 0 spiro atoms. The molecule has 2 heterocycles. The Hall–Kier alpha value is -1.86. The quantitative estimate of drug-likeness (QED) is 0.675. The molecule has 0 radical (unpaired) electrons. The van der Waals surface area contributed by atoms with Gasteiger partial charge in [0.2, 0.25) is 0 Å². The van der Waals surface area contributed by atoms with E-state index in [0.717, 1.165) is 18.5 Å². The van der Waals surface area contributed by atoms with Gasteiger partial charge in [-0.05, 0) is 34.9 Å². The van der Waals surface area contributed by atoms with Gasteiger partial charge in [-0.3, -0.25) is 4.68 Å². The second kappa shape index (κ2) is 7.66. The molecular weight excluding hydrogens is 276 g/mol. The second-order valence-electron chi connectivity index (χ2n) is 4.33. The molecule has 0 aromatic carbocycles. The third kappa shape index (κ3) is 4.67. The van der Waals surface area contributed by atoms with Gasteiger partial charge in [-0.1, -0.05) is 0 Å². The molecule has 6 nitrogen and oxygen atoms in total. The summed E-state index contributed by atoms with van der Waals surface area (Å²) in [5.41, 5.74) is 0.828. The number of nitrogens with zero attached hydrogens (tertiary/aromatic N) is 2. The van der Waals surface area contributed by atoms with Crippen LogP contribution >= 0.6 is 11.3 Å². The first kappa shape index (κ1) is 14.5. The zero-order valence-corrected chi connectivity index (χ0v) is 11.8. The van der Waals surface area contributed by atoms with E-state index >= 15 is 0 Å². The van der Waals surface area contributed by atoms with Crippen molar-refractivity contribution in [2.45, 2.75) is 19.1 Å². The summed E-state index contributed by atoms with van der Waals surface area (Å²) in [4.78, 5) is 11.5. The molecule has 0 aliphatic heterocycles. The Morgan fingerprint density at radius 1 is 1.50 bits per heavy atom. The minimum Gasteiger partial charge on any atom is -0.387 e.